The fourth-order valence-electron chi connectivity index (χ4n) is 1.49. The molecule has 0 radical (unpaired) electrons. The lowest BCUT2D eigenvalue weighted by Crippen LogP contribution is -2.21. The Labute approximate surface area is 102 Å². The highest BCUT2D eigenvalue weighted by Crippen LogP contribution is 2.31. The Morgan fingerprint density at radius 1 is 1.44 bits per heavy atom. The van der Waals surface area contributed by atoms with E-state index in [-0.39, 0.29) is 6.42 Å². The van der Waals surface area contributed by atoms with Gasteiger partial charge in [0, 0.05) is 16.5 Å². The molecule has 1 aromatic carbocycles. The normalized spacial score (nSPS) is 13.6. The maximum Gasteiger partial charge on any atom is 0.129 e. The highest BCUT2D eigenvalue weighted by atomic mass is 79.9. The summed E-state index contributed by atoms with van der Waals surface area (Å²) in [6.07, 6.45) is 0.568. The summed E-state index contributed by atoms with van der Waals surface area (Å²) >= 11 is 3.16. The van der Waals surface area contributed by atoms with Crippen LogP contribution in [0.15, 0.2) is 22.7 Å². The minimum Gasteiger partial charge on any atom is -0.207 e. The molecule has 0 heterocycles. The molecule has 1 atom stereocenters. The first-order chi connectivity index (χ1) is 7.53. The Morgan fingerprint density at radius 2 is 2.12 bits per heavy atom. The van der Waals surface area contributed by atoms with Crippen LogP contribution in [0.25, 0.3) is 0 Å². The third kappa shape index (κ3) is 2.59. The van der Waals surface area contributed by atoms with Crippen molar-refractivity contribution in [2.24, 2.45) is 0 Å². The summed E-state index contributed by atoms with van der Waals surface area (Å²) in [6.45, 7) is 1.65. The second kappa shape index (κ2) is 5.09. The minimum absolute atomic E-state index is 0.236. The molecule has 0 aromatic heterocycles. The Hall–Kier alpha value is -1.39. The first-order valence-electron chi connectivity index (χ1n) is 4.77. The summed E-state index contributed by atoms with van der Waals surface area (Å²) in [5.41, 5.74) is -0.603. The molecule has 0 fully saturated rings. The lowest BCUT2D eigenvalue weighted by Gasteiger charge is -2.21. The molecule has 1 unspecified atom stereocenters. The molecule has 0 bridgehead atoms. The van der Waals surface area contributed by atoms with Gasteiger partial charge in [-0.05, 0) is 25.5 Å². The van der Waals surface area contributed by atoms with Gasteiger partial charge >= 0.3 is 0 Å². The monoisotopic (exact) mass is 280 g/mol. The molecule has 0 aliphatic carbocycles. The average molecular weight is 281 g/mol. The summed E-state index contributed by atoms with van der Waals surface area (Å²) in [4.78, 5) is 0. The highest BCUT2D eigenvalue weighted by molar-refractivity contribution is 9.10. The van der Waals surface area contributed by atoms with Gasteiger partial charge in [0.15, 0.2) is 0 Å². The number of rotatable bonds is 3. The molecule has 0 saturated heterocycles. The number of benzene rings is 1. The van der Waals surface area contributed by atoms with Crippen molar-refractivity contribution in [3.63, 3.8) is 0 Å². The Morgan fingerprint density at radius 3 is 2.62 bits per heavy atom. The number of nitrogens with zero attached hydrogens (tertiary/aromatic N) is 2. The van der Waals surface area contributed by atoms with Gasteiger partial charge in [0.1, 0.15) is 5.82 Å². The van der Waals surface area contributed by atoms with Gasteiger partial charge in [-0.1, -0.05) is 22.0 Å². The molecule has 0 amide bonds. The maximum atomic E-state index is 13.7. The van der Waals surface area contributed by atoms with E-state index in [1.165, 1.54) is 6.07 Å². The van der Waals surface area contributed by atoms with Crippen molar-refractivity contribution in [3.05, 3.63) is 34.1 Å². The van der Waals surface area contributed by atoms with Crippen LogP contribution in [0.1, 0.15) is 25.3 Å². The second-order valence-corrected chi connectivity index (χ2v) is 4.64. The van der Waals surface area contributed by atoms with E-state index in [2.05, 4.69) is 22.0 Å². The molecule has 16 heavy (non-hydrogen) atoms. The summed E-state index contributed by atoms with van der Waals surface area (Å²) in [6, 6.07) is 8.67. The third-order valence-corrected chi connectivity index (χ3v) is 3.00. The summed E-state index contributed by atoms with van der Waals surface area (Å²) < 4.78 is 14.3. The SMILES string of the molecule is CC(C#N)(CCC#N)c1ccc(Br)cc1F. The molecule has 0 saturated carbocycles. The van der Waals surface area contributed by atoms with Gasteiger partial charge in [-0.2, -0.15) is 10.5 Å². The quantitative estimate of drug-likeness (QED) is 0.848. The van der Waals surface area contributed by atoms with Crippen LogP contribution in [-0.4, -0.2) is 0 Å². The molecule has 0 aliphatic heterocycles. The zero-order valence-corrected chi connectivity index (χ0v) is 10.4. The van der Waals surface area contributed by atoms with E-state index >= 15 is 0 Å². The van der Waals surface area contributed by atoms with E-state index in [9.17, 15) is 4.39 Å². The second-order valence-electron chi connectivity index (χ2n) is 3.73. The highest BCUT2D eigenvalue weighted by Gasteiger charge is 2.29. The van der Waals surface area contributed by atoms with Crippen molar-refractivity contribution in [1.29, 1.82) is 10.5 Å². The van der Waals surface area contributed by atoms with Crippen molar-refractivity contribution >= 4 is 15.9 Å². The summed E-state index contributed by atoms with van der Waals surface area (Å²) in [7, 11) is 0. The van der Waals surface area contributed by atoms with E-state index in [1.807, 2.05) is 6.07 Å². The fourth-order valence-corrected chi connectivity index (χ4v) is 1.83. The van der Waals surface area contributed by atoms with Crippen molar-refractivity contribution in [2.75, 3.05) is 0 Å². The molecule has 4 heteroatoms. The van der Waals surface area contributed by atoms with Crippen LogP contribution < -0.4 is 0 Å². The van der Waals surface area contributed by atoms with E-state index < -0.39 is 11.2 Å². The van der Waals surface area contributed by atoms with Crippen molar-refractivity contribution in [1.82, 2.24) is 0 Å². The Bertz CT molecular complexity index is 473. The van der Waals surface area contributed by atoms with Gasteiger partial charge in [-0.3, -0.25) is 0 Å². The molecule has 1 rings (SSSR count). The van der Waals surface area contributed by atoms with Crippen molar-refractivity contribution in [3.8, 4) is 12.1 Å². The molecule has 0 aliphatic rings. The third-order valence-electron chi connectivity index (χ3n) is 2.51. The van der Waals surface area contributed by atoms with Crippen LogP contribution in [-0.2, 0) is 5.41 Å². The molecule has 0 spiro atoms. The van der Waals surface area contributed by atoms with Gasteiger partial charge in [0.2, 0.25) is 0 Å². The van der Waals surface area contributed by atoms with Gasteiger partial charge in [0.25, 0.3) is 0 Å². The van der Waals surface area contributed by atoms with Crippen LogP contribution in [0.5, 0.6) is 0 Å². The maximum absolute atomic E-state index is 13.7. The van der Waals surface area contributed by atoms with Crippen LogP contribution >= 0.6 is 15.9 Å². The molecule has 1 aromatic rings. The van der Waals surface area contributed by atoms with Crippen LogP contribution in [0.3, 0.4) is 0 Å². The zero-order valence-electron chi connectivity index (χ0n) is 8.80. The van der Waals surface area contributed by atoms with Crippen LogP contribution in [0, 0.1) is 28.5 Å². The smallest absolute Gasteiger partial charge is 0.129 e. The number of hydrogen-bond donors (Lipinski definition) is 0. The van der Waals surface area contributed by atoms with Gasteiger partial charge in [-0.25, -0.2) is 4.39 Å². The lowest BCUT2D eigenvalue weighted by molar-refractivity contribution is 0.511. The minimum atomic E-state index is -0.944. The topological polar surface area (TPSA) is 47.6 Å². The molecule has 0 N–H and O–H groups in total. The van der Waals surface area contributed by atoms with Gasteiger partial charge in [-0.15, -0.1) is 0 Å². The van der Waals surface area contributed by atoms with Crippen LogP contribution in [0.2, 0.25) is 0 Å². The van der Waals surface area contributed by atoms with E-state index in [0.717, 1.165) is 0 Å². The predicted molar refractivity (Wildman–Crippen MR) is 61.9 cm³/mol. The first-order valence-corrected chi connectivity index (χ1v) is 5.56. The standard InChI is InChI=1S/C12H10BrFN2/c1-12(8-16,5-2-6-15)10-4-3-9(13)7-11(10)14/h3-4,7H,2,5H2,1H3. The fraction of sp³-hybridized carbons (Fsp3) is 0.333. The first kappa shape index (κ1) is 12.7. The molecular weight excluding hydrogens is 271 g/mol. The van der Waals surface area contributed by atoms with Gasteiger partial charge < -0.3 is 0 Å². The van der Waals surface area contributed by atoms with Gasteiger partial charge in [0.05, 0.1) is 17.6 Å². The summed E-state index contributed by atoms with van der Waals surface area (Å²) in [5, 5.41) is 17.6. The molecule has 2 nitrogen and oxygen atoms in total. The Kier molecular flexibility index (Phi) is 4.04. The van der Waals surface area contributed by atoms with Crippen molar-refractivity contribution < 1.29 is 4.39 Å². The molecular formula is C12H10BrFN2. The van der Waals surface area contributed by atoms with Crippen molar-refractivity contribution in [2.45, 2.75) is 25.2 Å². The summed E-state index contributed by atoms with van der Waals surface area (Å²) in [5.74, 6) is -0.420. The lowest BCUT2D eigenvalue weighted by atomic mass is 9.80. The number of halogens is 2. The van der Waals surface area contributed by atoms with E-state index in [4.69, 9.17) is 10.5 Å². The zero-order chi connectivity index (χ0) is 12.2. The number of nitriles is 2. The largest absolute Gasteiger partial charge is 0.207 e. The van der Waals surface area contributed by atoms with Crippen LogP contribution in [0.4, 0.5) is 4.39 Å². The average Bonchev–Trinajstić information content (AvgIpc) is 2.26. The number of hydrogen-bond acceptors (Lipinski definition) is 2. The van der Waals surface area contributed by atoms with E-state index in [0.29, 0.717) is 16.5 Å². The molecule has 82 valence electrons. The Balaban J connectivity index is 3.14. The predicted octanol–water partition coefficient (Wildman–Crippen LogP) is 3.67. The van der Waals surface area contributed by atoms with E-state index in [1.54, 1.807) is 19.1 Å².